The molecule has 2 heteroatoms. The smallest absolute Gasteiger partial charge is 0.174 e. The molecule has 1 nitrogen and oxygen atoms in total. The number of rotatable bonds is 2. The highest BCUT2D eigenvalue weighted by Gasteiger charge is 1.92. The molecule has 0 unspecified atom stereocenters. The molecule has 0 aliphatic heterocycles. The molecule has 0 atom stereocenters. The number of hydrogen-bond donors (Lipinski definition) is 0. The van der Waals surface area contributed by atoms with Crippen molar-refractivity contribution in [3.05, 3.63) is 64.9 Å². The number of halogens is 1. The van der Waals surface area contributed by atoms with Crippen LogP contribution >= 0.6 is 15.9 Å². The van der Waals surface area contributed by atoms with E-state index < -0.39 is 0 Å². The fourth-order valence-corrected chi connectivity index (χ4v) is 1.71. The summed E-state index contributed by atoms with van der Waals surface area (Å²) in [4.78, 5) is 0. The highest BCUT2D eigenvalue weighted by molar-refractivity contribution is 9.10. The van der Waals surface area contributed by atoms with Crippen molar-refractivity contribution in [2.24, 2.45) is 0 Å². The Bertz CT molecular complexity index is 463. The first-order valence-electron chi connectivity index (χ1n) is 4.74. The molecule has 0 radical (unpaired) electrons. The number of nitrogens with zero attached hydrogens (tertiary/aromatic N) is 1. The van der Waals surface area contributed by atoms with Gasteiger partial charge in [-0.05, 0) is 17.7 Å². The summed E-state index contributed by atoms with van der Waals surface area (Å²) >= 11 is 3.45. The van der Waals surface area contributed by atoms with E-state index in [1.165, 1.54) is 5.56 Å². The Morgan fingerprint density at radius 1 is 1.00 bits per heavy atom. The van der Waals surface area contributed by atoms with Crippen LogP contribution in [-0.2, 0) is 0 Å². The lowest BCUT2D eigenvalue weighted by Gasteiger charge is -1.92. The molecule has 0 spiro atoms. The van der Waals surface area contributed by atoms with Crippen LogP contribution in [0.1, 0.15) is 5.56 Å². The lowest BCUT2D eigenvalue weighted by molar-refractivity contribution is -0.567. The third-order valence-corrected chi connectivity index (χ3v) is 2.52. The highest BCUT2D eigenvalue weighted by atomic mass is 79.9. The molecule has 2 aromatic rings. The van der Waals surface area contributed by atoms with Gasteiger partial charge in [0, 0.05) is 22.7 Å². The van der Waals surface area contributed by atoms with Gasteiger partial charge in [-0.25, -0.2) is 0 Å². The Balaban J connectivity index is 2.19. The largest absolute Gasteiger partial charge is 0.175 e. The van der Waals surface area contributed by atoms with Crippen LogP contribution in [-0.4, -0.2) is 0 Å². The van der Waals surface area contributed by atoms with E-state index in [9.17, 15) is 0 Å². The summed E-state index contributed by atoms with van der Waals surface area (Å²) in [6.07, 6.45) is 8.12. The minimum atomic E-state index is 1.10. The minimum absolute atomic E-state index is 1.10. The van der Waals surface area contributed by atoms with Crippen molar-refractivity contribution in [1.82, 2.24) is 0 Å². The Hall–Kier alpha value is -1.41. The molecule has 0 fully saturated rings. The van der Waals surface area contributed by atoms with Gasteiger partial charge in [-0.15, -0.1) is 0 Å². The maximum absolute atomic E-state index is 3.45. The molecule has 0 saturated carbocycles. The van der Waals surface area contributed by atoms with E-state index in [0.29, 0.717) is 0 Å². The van der Waals surface area contributed by atoms with Gasteiger partial charge in [-0.2, -0.15) is 4.57 Å². The Morgan fingerprint density at radius 2 is 1.80 bits per heavy atom. The van der Waals surface area contributed by atoms with Gasteiger partial charge < -0.3 is 0 Å². The second-order valence-electron chi connectivity index (χ2n) is 3.19. The number of hydrogen-bond acceptors (Lipinski definition) is 0. The Kier molecular flexibility index (Phi) is 3.30. The molecule has 0 saturated heterocycles. The van der Waals surface area contributed by atoms with Gasteiger partial charge in [-0.1, -0.05) is 34.1 Å². The zero-order valence-corrected chi connectivity index (χ0v) is 9.76. The number of aromatic nitrogens is 1. The van der Waals surface area contributed by atoms with Gasteiger partial charge in [-0.3, -0.25) is 0 Å². The summed E-state index contributed by atoms with van der Waals surface area (Å²) in [5.74, 6) is 0. The lowest BCUT2D eigenvalue weighted by Crippen LogP contribution is -2.23. The zero-order valence-electron chi connectivity index (χ0n) is 8.18. The Labute approximate surface area is 97.8 Å². The first kappa shape index (κ1) is 10.1. The standard InChI is InChI=1S/C13H11BrN/c14-13-6-4-5-12(11-13)7-10-15-8-2-1-3-9-15/h1-11H/q+1/b10-7+. The van der Waals surface area contributed by atoms with Crippen LogP contribution in [0, 0.1) is 0 Å². The summed E-state index contributed by atoms with van der Waals surface area (Å²) in [6.45, 7) is 0. The van der Waals surface area contributed by atoms with E-state index in [1.807, 2.05) is 53.5 Å². The van der Waals surface area contributed by atoms with Crippen LogP contribution in [0.4, 0.5) is 0 Å². The monoisotopic (exact) mass is 260 g/mol. The van der Waals surface area contributed by atoms with Gasteiger partial charge >= 0.3 is 0 Å². The average molecular weight is 261 g/mol. The fraction of sp³-hybridized carbons (Fsp3) is 0. The van der Waals surface area contributed by atoms with Crippen molar-refractivity contribution < 1.29 is 4.57 Å². The van der Waals surface area contributed by atoms with Crippen molar-refractivity contribution in [1.29, 1.82) is 0 Å². The van der Waals surface area contributed by atoms with Gasteiger partial charge in [0.1, 0.15) is 0 Å². The maximum Gasteiger partial charge on any atom is 0.175 e. The predicted molar refractivity (Wildman–Crippen MR) is 66.0 cm³/mol. The molecule has 1 heterocycles. The third-order valence-electron chi connectivity index (χ3n) is 2.03. The average Bonchev–Trinajstić information content (AvgIpc) is 2.28. The second kappa shape index (κ2) is 4.89. The zero-order chi connectivity index (χ0) is 10.5. The van der Waals surface area contributed by atoms with E-state index in [0.717, 1.165) is 4.47 Å². The number of benzene rings is 1. The van der Waals surface area contributed by atoms with Crippen LogP contribution < -0.4 is 4.57 Å². The van der Waals surface area contributed by atoms with Crippen molar-refractivity contribution in [2.75, 3.05) is 0 Å². The fourth-order valence-electron chi connectivity index (χ4n) is 1.29. The van der Waals surface area contributed by atoms with Gasteiger partial charge in [0.2, 0.25) is 0 Å². The van der Waals surface area contributed by atoms with E-state index in [4.69, 9.17) is 0 Å². The van der Waals surface area contributed by atoms with E-state index in [2.05, 4.69) is 34.1 Å². The van der Waals surface area contributed by atoms with Crippen LogP contribution in [0.25, 0.3) is 12.3 Å². The molecule has 0 amide bonds. The molecule has 0 N–H and O–H groups in total. The van der Waals surface area contributed by atoms with Crippen molar-refractivity contribution >= 4 is 28.2 Å². The molecule has 74 valence electrons. The first-order chi connectivity index (χ1) is 7.34. The molecule has 2 rings (SSSR count). The van der Waals surface area contributed by atoms with Crippen molar-refractivity contribution in [3.8, 4) is 0 Å². The molecule has 0 aliphatic carbocycles. The van der Waals surface area contributed by atoms with Crippen molar-refractivity contribution in [2.45, 2.75) is 0 Å². The summed E-state index contributed by atoms with van der Waals surface area (Å²) in [5, 5.41) is 0. The molecular weight excluding hydrogens is 250 g/mol. The summed E-state index contributed by atoms with van der Waals surface area (Å²) < 4.78 is 3.11. The van der Waals surface area contributed by atoms with Gasteiger partial charge in [0.05, 0.1) is 0 Å². The molecule has 1 aromatic heterocycles. The van der Waals surface area contributed by atoms with Gasteiger partial charge in [0.15, 0.2) is 18.6 Å². The van der Waals surface area contributed by atoms with E-state index in [-0.39, 0.29) is 0 Å². The minimum Gasteiger partial charge on any atom is -0.174 e. The predicted octanol–water partition coefficient (Wildman–Crippen LogP) is 3.36. The van der Waals surface area contributed by atoms with Crippen LogP contribution in [0.2, 0.25) is 0 Å². The van der Waals surface area contributed by atoms with Crippen LogP contribution in [0.3, 0.4) is 0 Å². The molecular formula is C13H11BrN+. The normalized spacial score (nSPS) is 10.7. The molecule has 1 aromatic carbocycles. The quantitative estimate of drug-likeness (QED) is 0.730. The van der Waals surface area contributed by atoms with E-state index in [1.54, 1.807) is 0 Å². The van der Waals surface area contributed by atoms with Crippen LogP contribution in [0.5, 0.6) is 0 Å². The van der Waals surface area contributed by atoms with E-state index >= 15 is 0 Å². The summed E-state index contributed by atoms with van der Waals surface area (Å²) in [7, 11) is 0. The number of pyridine rings is 1. The van der Waals surface area contributed by atoms with Gasteiger partial charge in [0.25, 0.3) is 0 Å². The molecule has 15 heavy (non-hydrogen) atoms. The third kappa shape index (κ3) is 3.03. The maximum atomic E-state index is 3.45. The summed E-state index contributed by atoms with van der Waals surface area (Å²) in [6, 6.07) is 14.2. The first-order valence-corrected chi connectivity index (χ1v) is 5.53. The second-order valence-corrected chi connectivity index (χ2v) is 4.11. The molecule has 0 bridgehead atoms. The SMILES string of the molecule is Brc1cccc(/C=C/[n+]2ccccc2)c1. The Morgan fingerprint density at radius 3 is 2.53 bits per heavy atom. The molecule has 0 aliphatic rings. The topological polar surface area (TPSA) is 3.88 Å². The van der Waals surface area contributed by atoms with Crippen LogP contribution in [0.15, 0.2) is 59.3 Å². The lowest BCUT2D eigenvalue weighted by atomic mass is 10.2. The van der Waals surface area contributed by atoms with Crippen molar-refractivity contribution in [3.63, 3.8) is 0 Å². The summed E-state index contributed by atoms with van der Waals surface area (Å²) in [5.41, 5.74) is 1.18. The highest BCUT2D eigenvalue weighted by Crippen LogP contribution is 2.12.